The zero-order valence-electron chi connectivity index (χ0n) is 7.57. The second kappa shape index (κ2) is 3.20. The minimum Gasteiger partial charge on any atom is -0.478 e. The normalized spacial score (nSPS) is 21.6. The third-order valence-electron chi connectivity index (χ3n) is 2.41. The highest BCUT2D eigenvalue weighted by Crippen LogP contribution is 2.39. The Balaban J connectivity index is 2.95. The molecule has 2 N–H and O–H groups in total. The molecule has 1 aliphatic carbocycles. The van der Waals surface area contributed by atoms with E-state index in [9.17, 15) is 9.59 Å². The highest BCUT2D eigenvalue weighted by atomic mass is 16.4. The van der Waals surface area contributed by atoms with Crippen molar-refractivity contribution >= 4 is 11.9 Å². The number of hydrogen-bond acceptors (Lipinski definition) is 2. The maximum Gasteiger partial charge on any atom is 0.332 e. The summed E-state index contributed by atoms with van der Waals surface area (Å²) in [4.78, 5) is 21.2. The molecule has 0 bridgehead atoms. The van der Waals surface area contributed by atoms with Gasteiger partial charge in [0, 0.05) is 5.57 Å². The van der Waals surface area contributed by atoms with Gasteiger partial charge in [-0.3, -0.25) is 0 Å². The molecular formula is C9H12O4. The lowest BCUT2D eigenvalue weighted by Crippen LogP contribution is -2.32. The quantitative estimate of drug-likeness (QED) is 0.689. The summed E-state index contributed by atoms with van der Waals surface area (Å²) in [5.74, 6) is -2.10. The third-order valence-corrected chi connectivity index (χ3v) is 2.41. The van der Waals surface area contributed by atoms with Crippen LogP contribution in [0.15, 0.2) is 11.1 Å². The number of rotatable bonds is 3. The van der Waals surface area contributed by atoms with Crippen molar-refractivity contribution in [1.82, 2.24) is 0 Å². The predicted octanol–water partition coefficient (Wildman–Crippen LogP) is 1.13. The molecule has 1 unspecified atom stereocenters. The van der Waals surface area contributed by atoms with Crippen molar-refractivity contribution in [2.45, 2.75) is 20.3 Å². The van der Waals surface area contributed by atoms with Crippen LogP contribution in [0, 0.1) is 11.8 Å². The zero-order chi connectivity index (χ0) is 10.2. The summed E-state index contributed by atoms with van der Waals surface area (Å²) in [5, 5.41) is 17.4. The van der Waals surface area contributed by atoms with Gasteiger partial charge >= 0.3 is 11.9 Å². The van der Waals surface area contributed by atoms with Crippen LogP contribution in [0.1, 0.15) is 20.3 Å². The van der Waals surface area contributed by atoms with Crippen LogP contribution in [0.2, 0.25) is 0 Å². The van der Waals surface area contributed by atoms with E-state index in [4.69, 9.17) is 10.2 Å². The maximum atomic E-state index is 10.7. The number of carboxylic acid groups (broad SMARTS) is 2. The summed E-state index contributed by atoms with van der Waals surface area (Å²) in [7, 11) is 0. The number of carbonyl (C=O) groups is 2. The van der Waals surface area contributed by atoms with Crippen LogP contribution < -0.4 is 0 Å². The molecule has 13 heavy (non-hydrogen) atoms. The Kier molecular flexibility index (Phi) is 2.40. The monoisotopic (exact) mass is 184 g/mol. The van der Waals surface area contributed by atoms with Gasteiger partial charge in [-0.2, -0.15) is 0 Å². The minimum absolute atomic E-state index is 0.0613. The summed E-state index contributed by atoms with van der Waals surface area (Å²) in [5.41, 5.74) is 0.147. The molecule has 0 heterocycles. The molecule has 0 fully saturated rings. The molecule has 0 spiro atoms. The smallest absolute Gasteiger partial charge is 0.332 e. The first-order valence-corrected chi connectivity index (χ1v) is 4.14. The third kappa shape index (κ3) is 1.56. The Hall–Kier alpha value is -1.32. The highest BCUT2D eigenvalue weighted by Gasteiger charge is 2.39. The lowest BCUT2D eigenvalue weighted by molar-refractivity contribution is -0.138. The van der Waals surface area contributed by atoms with Crippen molar-refractivity contribution in [3.63, 3.8) is 0 Å². The second-order valence-corrected chi connectivity index (χ2v) is 3.56. The first-order chi connectivity index (χ1) is 5.95. The van der Waals surface area contributed by atoms with E-state index in [1.54, 1.807) is 0 Å². The second-order valence-electron chi connectivity index (χ2n) is 3.56. The van der Waals surface area contributed by atoms with Crippen molar-refractivity contribution in [3.8, 4) is 0 Å². The van der Waals surface area contributed by atoms with Crippen molar-refractivity contribution in [1.29, 1.82) is 0 Å². The SMILES string of the molecule is CC(C)C1CC(C(=O)O)=C1C(=O)O. The Bertz CT molecular complexity index is 288. The topological polar surface area (TPSA) is 74.6 Å². The Morgan fingerprint density at radius 1 is 1.31 bits per heavy atom. The molecule has 1 rings (SSSR count). The average molecular weight is 184 g/mol. The number of hydrogen-bond donors (Lipinski definition) is 2. The molecule has 0 aromatic heterocycles. The highest BCUT2D eigenvalue weighted by molar-refractivity contribution is 6.02. The molecule has 0 aliphatic heterocycles. The molecule has 0 radical (unpaired) electrons. The Morgan fingerprint density at radius 3 is 2.15 bits per heavy atom. The molecule has 4 nitrogen and oxygen atoms in total. The van der Waals surface area contributed by atoms with E-state index < -0.39 is 11.9 Å². The molecule has 0 aromatic carbocycles. The fourth-order valence-electron chi connectivity index (χ4n) is 1.58. The van der Waals surface area contributed by atoms with E-state index in [2.05, 4.69) is 0 Å². The van der Waals surface area contributed by atoms with Gasteiger partial charge in [-0.1, -0.05) is 13.8 Å². The van der Waals surface area contributed by atoms with Gasteiger partial charge in [-0.15, -0.1) is 0 Å². The molecule has 1 aliphatic rings. The van der Waals surface area contributed by atoms with E-state index in [0.717, 1.165) is 0 Å². The van der Waals surface area contributed by atoms with Crippen molar-refractivity contribution in [3.05, 3.63) is 11.1 Å². The standard InChI is InChI=1S/C9H12O4/c1-4(2)5-3-6(8(10)11)7(5)9(12)13/h4-5H,3H2,1-2H3,(H,10,11)(H,12,13). The fourth-order valence-corrected chi connectivity index (χ4v) is 1.58. The molecule has 0 saturated carbocycles. The number of carboxylic acids is 2. The number of aliphatic carboxylic acids is 2. The van der Waals surface area contributed by atoms with Crippen LogP contribution in [0.25, 0.3) is 0 Å². The van der Waals surface area contributed by atoms with E-state index >= 15 is 0 Å². The Morgan fingerprint density at radius 2 is 1.85 bits per heavy atom. The van der Waals surface area contributed by atoms with Crippen LogP contribution >= 0.6 is 0 Å². The summed E-state index contributed by atoms with van der Waals surface area (Å²) >= 11 is 0. The van der Waals surface area contributed by atoms with E-state index in [1.807, 2.05) is 13.8 Å². The molecule has 72 valence electrons. The Labute approximate surface area is 75.9 Å². The maximum absolute atomic E-state index is 10.7. The lowest BCUT2D eigenvalue weighted by Gasteiger charge is -2.31. The first kappa shape index (κ1) is 9.77. The summed E-state index contributed by atoms with van der Waals surface area (Å²) < 4.78 is 0. The van der Waals surface area contributed by atoms with Gasteiger partial charge in [0.15, 0.2) is 0 Å². The average Bonchev–Trinajstić information content (AvgIpc) is 1.79. The van der Waals surface area contributed by atoms with Gasteiger partial charge in [-0.25, -0.2) is 9.59 Å². The van der Waals surface area contributed by atoms with Gasteiger partial charge in [0.25, 0.3) is 0 Å². The van der Waals surface area contributed by atoms with E-state index in [1.165, 1.54) is 0 Å². The minimum atomic E-state index is -1.10. The van der Waals surface area contributed by atoms with Crippen molar-refractivity contribution in [2.24, 2.45) is 11.8 Å². The van der Waals surface area contributed by atoms with Crippen LogP contribution in [0.4, 0.5) is 0 Å². The first-order valence-electron chi connectivity index (χ1n) is 4.14. The van der Waals surface area contributed by atoms with Gasteiger partial charge in [0.2, 0.25) is 0 Å². The van der Waals surface area contributed by atoms with E-state index in [0.29, 0.717) is 6.42 Å². The summed E-state index contributed by atoms with van der Waals surface area (Å²) in [6.07, 6.45) is 0.384. The molecule has 0 amide bonds. The van der Waals surface area contributed by atoms with Gasteiger partial charge in [-0.05, 0) is 18.3 Å². The fraction of sp³-hybridized carbons (Fsp3) is 0.556. The molecule has 4 heteroatoms. The summed E-state index contributed by atoms with van der Waals surface area (Å²) in [6, 6.07) is 0. The van der Waals surface area contributed by atoms with Crippen LogP contribution in [0.3, 0.4) is 0 Å². The summed E-state index contributed by atoms with van der Waals surface area (Å²) in [6.45, 7) is 3.79. The van der Waals surface area contributed by atoms with Crippen LogP contribution in [0.5, 0.6) is 0 Å². The van der Waals surface area contributed by atoms with Crippen LogP contribution in [-0.4, -0.2) is 22.2 Å². The lowest BCUT2D eigenvalue weighted by atomic mass is 9.71. The van der Waals surface area contributed by atoms with Crippen molar-refractivity contribution < 1.29 is 19.8 Å². The van der Waals surface area contributed by atoms with Crippen LogP contribution in [-0.2, 0) is 9.59 Å². The zero-order valence-corrected chi connectivity index (χ0v) is 7.57. The van der Waals surface area contributed by atoms with E-state index in [-0.39, 0.29) is 23.0 Å². The van der Waals surface area contributed by atoms with Gasteiger partial charge in [0.05, 0.1) is 5.57 Å². The largest absolute Gasteiger partial charge is 0.478 e. The molecular weight excluding hydrogens is 172 g/mol. The molecule has 0 aromatic rings. The molecule has 1 atom stereocenters. The van der Waals surface area contributed by atoms with Crippen molar-refractivity contribution in [2.75, 3.05) is 0 Å². The molecule has 0 saturated heterocycles. The van der Waals surface area contributed by atoms with Gasteiger partial charge < -0.3 is 10.2 Å². The predicted molar refractivity (Wildman–Crippen MR) is 45.2 cm³/mol. The van der Waals surface area contributed by atoms with Gasteiger partial charge in [0.1, 0.15) is 0 Å².